The number of anilines is 1. The molecule has 7 heteroatoms. The maximum absolute atomic E-state index is 6.30. The molecular weight excluding hydrogens is 412 g/mol. The van der Waals surface area contributed by atoms with E-state index in [4.69, 9.17) is 4.74 Å². The molecule has 2 aromatic heterocycles. The first kappa shape index (κ1) is 20.2. The van der Waals surface area contributed by atoms with Gasteiger partial charge in [-0.1, -0.05) is 19.1 Å². The van der Waals surface area contributed by atoms with Gasteiger partial charge in [-0.2, -0.15) is 0 Å². The lowest BCUT2D eigenvalue weighted by atomic mass is 9.89. The molecule has 158 valence electrons. The first-order valence-corrected chi connectivity index (χ1v) is 12.4. The van der Waals surface area contributed by atoms with Crippen molar-refractivity contribution in [2.75, 3.05) is 31.3 Å². The molecule has 1 fully saturated rings. The Morgan fingerprint density at radius 3 is 2.87 bits per heavy atom. The van der Waals surface area contributed by atoms with Crippen LogP contribution in [0.5, 0.6) is 0 Å². The molecule has 3 heterocycles. The van der Waals surface area contributed by atoms with Crippen LogP contribution in [-0.4, -0.2) is 42.5 Å². The monoisotopic (exact) mass is 440 g/mol. The van der Waals surface area contributed by atoms with Crippen LogP contribution in [0.4, 0.5) is 5.69 Å². The maximum atomic E-state index is 6.30. The van der Waals surface area contributed by atoms with Gasteiger partial charge in [0.2, 0.25) is 0 Å². The Bertz CT molecular complexity index is 1030. The Balaban J connectivity index is 1.26. The van der Waals surface area contributed by atoms with Crippen molar-refractivity contribution >= 4 is 39.0 Å². The Kier molecular flexibility index (Phi) is 5.71. The zero-order chi connectivity index (χ0) is 20.7. The van der Waals surface area contributed by atoms with E-state index in [1.807, 2.05) is 23.1 Å². The minimum Gasteiger partial charge on any atom is -0.378 e. The summed E-state index contributed by atoms with van der Waals surface area (Å²) in [5.41, 5.74) is 3.88. The van der Waals surface area contributed by atoms with E-state index in [0.29, 0.717) is 0 Å². The van der Waals surface area contributed by atoms with Crippen LogP contribution < -0.4 is 10.2 Å². The molecule has 5 nitrogen and oxygen atoms in total. The second-order valence-electron chi connectivity index (χ2n) is 8.55. The van der Waals surface area contributed by atoms with Crippen molar-refractivity contribution in [2.24, 2.45) is 5.92 Å². The molecule has 1 aliphatic heterocycles. The van der Waals surface area contributed by atoms with Gasteiger partial charge < -0.3 is 9.64 Å². The van der Waals surface area contributed by atoms with Gasteiger partial charge in [0.25, 0.3) is 0 Å². The number of nitrogens with zero attached hydrogens (tertiary/aromatic N) is 3. The number of thioether (sulfide) groups is 1. The van der Waals surface area contributed by atoms with Gasteiger partial charge in [-0.25, -0.2) is 9.97 Å². The number of fused-ring (bicyclic) bond motifs is 3. The van der Waals surface area contributed by atoms with Crippen LogP contribution in [0.3, 0.4) is 0 Å². The molecule has 3 atom stereocenters. The van der Waals surface area contributed by atoms with Crippen molar-refractivity contribution in [3.8, 4) is 0 Å². The fraction of sp³-hybridized carbons (Fsp3) is 0.478. The van der Waals surface area contributed by atoms with Gasteiger partial charge in [0, 0.05) is 42.3 Å². The summed E-state index contributed by atoms with van der Waals surface area (Å²) in [5, 5.41) is 5.94. The van der Waals surface area contributed by atoms with Gasteiger partial charge in [0.05, 0.1) is 6.10 Å². The molecule has 3 aromatic rings. The first-order chi connectivity index (χ1) is 14.6. The van der Waals surface area contributed by atoms with E-state index in [0.717, 1.165) is 34.5 Å². The van der Waals surface area contributed by atoms with E-state index in [-0.39, 0.29) is 12.3 Å². The van der Waals surface area contributed by atoms with Crippen LogP contribution in [0.15, 0.2) is 35.6 Å². The molecule has 0 spiro atoms. The highest BCUT2D eigenvalue weighted by atomic mass is 32.2. The molecule has 0 unspecified atom stereocenters. The minimum atomic E-state index is -0.0346. The highest BCUT2D eigenvalue weighted by Crippen LogP contribution is 2.41. The number of thiophene rings is 1. The lowest BCUT2D eigenvalue weighted by Crippen LogP contribution is -2.17. The number of hydrogen-bond acceptors (Lipinski definition) is 7. The number of hydrogen-bond donors (Lipinski definition) is 1. The van der Waals surface area contributed by atoms with E-state index in [1.165, 1.54) is 39.9 Å². The van der Waals surface area contributed by atoms with Crippen LogP contribution in [-0.2, 0) is 17.6 Å². The maximum Gasteiger partial charge on any atom is 0.134 e. The lowest BCUT2D eigenvalue weighted by Gasteiger charge is -2.18. The van der Waals surface area contributed by atoms with Crippen LogP contribution in [0, 0.1) is 5.92 Å². The average Bonchev–Trinajstić information content (AvgIpc) is 3.36. The van der Waals surface area contributed by atoms with Crippen molar-refractivity contribution in [2.45, 2.75) is 43.5 Å². The van der Waals surface area contributed by atoms with E-state index < -0.39 is 0 Å². The molecule has 0 saturated carbocycles. The first-order valence-electron chi connectivity index (χ1n) is 10.6. The fourth-order valence-corrected chi connectivity index (χ4v) is 6.74. The van der Waals surface area contributed by atoms with Crippen LogP contribution >= 0.6 is 23.1 Å². The summed E-state index contributed by atoms with van der Waals surface area (Å²) in [6, 6.07) is 8.57. The summed E-state index contributed by atoms with van der Waals surface area (Å²) < 4.78 is 6.30. The molecule has 1 saturated heterocycles. The number of ether oxygens (including phenoxy) is 1. The molecule has 0 radical (unpaired) electrons. The van der Waals surface area contributed by atoms with Gasteiger partial charge in [0.1, 0.15) is 22.4 Å². The van der Waals surface area contributed by atoms with Gasteiger partial charge in [0.15, 0.2) is 0 Å². The number of benzene rings is 1. The molecule has 2 aliphatic rings. The minimum absolute atomic E-state index is 0.0346. The van der Waals surface area contributed by atoms with Gasteiger partial charge in [-0.3, -0.25) is 5.32 Å². The zero-order valence-corrected chi connectivity index (χ0v) is 19.4. The molecule has 1 aromatic carbocycles. The second kappa shape index (κ2) is 8.46. The van der Waals surface area contributed by atoms with E-state index in [9.17, 15) is 0 Å². The molecule has 1 aliphatic carbocycles. The Morgan fingerprint density at radius 1 is 1.23 bits per heavy atom. The summed E-state index contributed by atoms with van der Waals surface area (Å²) >= 11 is 3.68. The van der Waals surface area contributed by atoms with E-state index in [2.05, 4.69) is 65.5 Å². The summed E-state index contributed by atoms with van der Waals surface area (Å²) in [6.07, 6.45) is 5.47. The molecule has 0 amide bonds. The van der Waals surface area contributed by atoms with E-state index in [1.54, 1.807) is 6.33 Å². The number of nitrogens with one attached hydrogen (secondary N) is 1. The van der Waals surface area contributed by atoms with Crippen molar-refractivity contribution in [3.05, 3.63) is 46.6 Å². The van der Waals surface area contributed by atoms with Crippen LogP contribution in [0.2, 0.25) is 0 Å². The van der Waals surface area contributed by atoms with Crippen LogP contribution in [0.25, 0.3) is 10.2 Å². The number of aryl methyl sites for hydroxylation is 1. The lowest BCUT2D eigenvalue weighted by molar-refractivity contribution is 0.0535. The normalized spacial score (nSPS) is 23.6. The summed E-state index contributed by atoms with van der Waals surface area (Å²) in [5.74, 6) is 1.67. The zero-order valence-electron chi connectivity index (χ0n) is 17.7. The fourth-order valence-electron chi connectivity index (χ4n) is 4.30. The van der Waals surface area contributed by atoms with Crippen molar-refractivity contribution in [1.29, 1.82) is 0 Å². The molecular formula is C23H28N4OS2. The SMILES string of the molecule is C[C@@H]1CCc2c(sc3ncnc(SC[C@@H]4CN[C@H](c5ccc(N(C)C)cc5)O4)c23)C1. The standard InChI is InChI=1S/C23H28N4OS2/c1-14-4-9-18-19(10-14)30-23-20(18)22(25-13-26-23)29-12-17-11-24-21(28-17)15-5-7-16(8-6-15)27(2)3/h5-8,13-14,17,21,24H,4,9-12H2,1-3H3/t14-,17+,21+/m1/s1. The largest absolute Gasteiger partial charge is 0.378 e. The molecule has 0 bridgehead atoms. The quantitative estimate of drug-likeness (QED) is 0.460. The second-order valence-corrected chi connectivity index (χ2v) is 10.6. The Hall–Kier alpha value is -1.67. The van der Waals surface area contributed by atoms with Gasteiger partial charge in [-0.15, -0.1) is 23.1 Å². The summed E-state index contributed by atoms with van der Waals surface area (Å²) in [7, 11) is 4.11. The predicted octanol–water partition coefficient (Wildman–Crippen LogP) is 4.66. The molecule has 1 N–H and O–H groups in total. The summed E-state index contributed by atoms with van der Waals surface area (Å²) in [6.45, 7) is 3.21. The smallest absolute Gasteiger partial charge is 0.134 e. The highest BCUT2D eigenvalue weighted by Gasteiger charge is 2.27. The number of rotatable bonds is 5. The third-order valence-electron chi connectivity index (χ3n) is 6.03. The highest BCUT2D eigenvalue weighted by molar-refractivity contribution is 7.99. The van der Waals surface area contributed by atoms with Gasteiger partial charge >= 0.3 is 0 Å². The molecule has 5 rings (SSSR count). The van der Waals surface area contributed by atoms with Crippen molar-refractivity contribution < 1.29 is 4.74 Å². The predicted molar refractivity (Wildman–Crippen MR) is 126 cm³/mol. The third-order valence-corrected chi connectivity index (χ3v) is 8.32. The summed E-state index contributed by atoms with van der Waals surface area (Å²) in [4.78, 5) is 14.0. The number of aromatic nitrogens is 2. The van der Waals surface area contributed by atoms with Crippen LogP contribution in [0.1, 0.15) is 35.6 Å². The van der Waals surface area contributed by atoms with E-state index >= 15 is 0 Å². The topological polar surface area (TPSA) is 50.3 Å². The third kappa shape index (κ3) is 3.96. The molecule has 30 heavy (non-hydrogen) atoms. The van der Waals surface area contributed by atoms with Gasteiger partial charge in [-0.05, 0) is 48.4 Å². The Labute approximate surface area is 186 Å². The van der Waals surface area contributed by atoms with Crippen molar-refractivity contribution in [3.63, 3.8) is 0 Å². The Morgan fingerprint density at radius 2 is 2.07 bits per heavy atom. The average molecular weight is 441 g/mol. The van der Waals surface area contributed by atoms with Crippen molar-refractivity contribution in [1.82, 2.24) is 15.3 Å².